The summed E-state index contributed by atoms with van der Waals surface area (Å²) >= 11 is 0. The van der Waals surface area contributed by atoms with Crippen LogP contribution in [0.4, 0.5) is 14.5 Å². The molecule has 156 valence electrons. The summed E-state index contributed by atoms with van der Waals surface area (Å²) < 4.78 is 28.6. The first-order valence-electron chi connectivity index (χ1n) is 9.86. The van der Waals surface area contributed by atoms with Crippen molar-refractivity contribution >= 4 is 11.6 Å². The van der Waals surface area contributed by atoms with Crippen LogP contribution in [0.5, 0.6) is 0 Å². The average Bonchev–Trinajstić information content (AvgIpc) is 3.47. The number of aromatic nitrogens is 5. The normalized spacial score (nSPS) is 12.7. The van der Waals surface area contributed by atoms with Gasteiger partial charge >= 0.3 is 0 Å². The minimum atomic E-state index is -0.951. The fourth-order valence-electron chi connectivity index (χ4n) is 3.81. The molecule has 0 bridgehead atoms. The fraction of sp³-hybridized carbons (Fsp3) is 0.182. The van der Waals surface area contributed by atoms with Gasteiger partial charge in [0.2, 0.25) is 0 Å². The molecular weight excluding hydrogens is 402 g/mol. The second kappa shape index (κ2) is 7.42. The van der Waals surface area contributed by atoms with Gasteiger partial charge in [0, 0.05) is 28.6 Å². The van der Waals surface area contributed by atoms with E-state index >= 15 is 0 Å². The van der Waals surface area contributed by atoms with Gasteiger partial charge in [-0.2, -0.15) is 10.2 Å². The van der Waals surface area contributed by atoms with Gasteiger partial charge in [-0.25, -0.2) is 18.4 Å². The van der Waals surface area contributed by atoms with Gasteiger partial charge in [0.05, 0.1) is 5.69 Å². The molecule has 5 rings (SSSR count). The van der Waals surface area contributed by atoms with Gasteiger partial charge in [0.15, 0.2) is 23.2 Å². The maximum absolute atomic E-state index is 13.7. The number of H-pyrrole nitrogens is 1. The molecule has 0 atom stereocenters. The third kappa shape index (κ3) is 3.48. The SMILES string of the molecule is Cc1nc(-c2ccc(NC(=O)c3nn(-c4ccc(F)c(F)c4)c4c3CCC4)cc2)n[nH]1. The quantitative estimate of drug-likeness (QED) is 0.523. The van der Waals surface area contributed by atoms with E-state index in [0.717, 1.165) is 47.6 Å². The van der Waals surface area contributed by atoms with Crippen LogP contribution in [0.3, 0.4) is 0 Å². The molecule has 2 aromatic heterocycles. The summed E-state index contributed by atoms with van der Waals surface area (Å²) in [6.45, 7) is 1.82. The van der Waals surface area contributed by atoms with Gasteiger partial charge < -0.3 is 5.32 Å². The number of aromatic amines is 1. The minimum Gasteiger partial charge on any atom is -0.321 e. The zero-order valence-electron chi connectivity index (χ0n) is 16.6. The van der Waals surface area contributed by atoms with Gasteiger partial charge in [-0.1, -0.05) is 0 Å². The Labute approximate surface area is 176 Å². The number of halogens is 2. The molecular formula is C22H18F2N6O. The summed E-state index contributed by atoms with van der Waals surface area (Å²) in [5, 5.41) is 14.2. The molecule has 0 radical (unpaired) electrons. The number of benzene rings is 2. The molecule has 0 spiro atoms. The fourth-order valence-corrected chi connectivity index (χ4v) is 3.81. The largest absolute Gasteiger partial charge is 0.321 e. The lowest BCUT2D eigenvalue weighted by Crippen LogP contribution is -2.15. The van der Waals surface area contributed by atoms with Crippen molar-refractivity contribution in [1.82, 2.24) is 25.0 Å². The lowest BCUT2D eigenvalue weighted by atomic mass is 10.1. The van der Waals surface area contributed by atoms with Gasteiger partial charge in [-0.3, -0.25) is 9.89 Å². The van der Waals surface area contributed by atoms with Crippen molar-refractivity contribution < 1.29 is 13.6 Å². The predicted molar refractivity (Wildman–Crippen MR) is 110 cm³/mol. The van der Waals surface area contributed by atoms with Crippen molar-refractivity contribution in [2.45, 2.75) is 26.2 Å². The molecule has 1 aliphatic carbocycles. The Hall–Kier alpha value is -3.88. The second-order valence-corrected chi connectivity index (χ2v) is 7.41. The maximum atomic E-state index is 13.7. The number of rotatable bonds is 4. The molecule has 0 aliphatic heterocycles. The highest BCUT2D eigenvalue weighted by molar-refractivity contribution is 6.04. The molecule has 2 aromatic carbocycles. The lowest BCUT2D eigenvalue weighted by molar-refractivity contribution is 0.102. The molecule has 0 saturated carbocycles. The van der Waals surface area contributed by atoms with Crippen LogP contribution in [0, 0.1) is 18.6 Å². The highest BCUT2D eigenvalue weighted by atomic mass is 19.2. The molecule has 2 heterocycles. The van der Waals surface area contributed by atoms with Gasteiger partial charge in [0.25, 0.3) is 5.91 Å². The van der Waals surface area contributed by atoms with E-state index in [4.69, 9.17) is 0 Å². The number of hydrogen-bond donors (Lipinski definition) is 2. The Kier molecular flexibility index (Phi) is 4.58. The van der Waals surface area contributed by atoms with Gasteiger partial charge in [-0.15, -0.1) is 0 Å². The number of anilines is 1. The van der Waals surface area contributed by atoms with E-state index in [2.05, 4.69) is 25.6 Å². The summed E-state index contributed by atoms with van der Waals surface area (Å²) in [5.74, 6) is -0.918. The Morgan fingerprint density at radius 2 is 1.90 bits per heavy atom. The Morgan fingerprint density at radius 3 is 2.61 bits per heavy atom. The Balaban J connectivity index is 1.41. The van der Waals surface area contributed by atoms with E-state index < -0.39 is 11.6 Å². The molecule has 0 fully saturated rings. The third-order valence-corrected chi connectivity index (χ3v) is 5.29. The third-order valence-electron chi connectivity index (χ3n) is 5.29. The highest BCUT2D eigenvalue weighted by Gasteiger charge is 2.27. The van der Waals surface area contributed by atoms with E-state index in [1.807, 2.05) is 19.1 Å². The van der Waals surface area contributed by atoms with Crippen molar-refractivity contribution in [3.05, 3.63) is 76.9 Å². The van der Waals surface area contributed by atoms with Crippen molar-refractivity contribution in [1.29, 1.82) is 0 Å². The molecule has 1 amide bonds. The zero-order chi connectivity index (χ0) is 21.5. The molecule has 31 heavy (non-hydrogen) atoms. The molecule has 2 N–H and O–H groups in total. The monoisotopic (exact) mass is 420 g/mol. The van der Waals surface area contributed by atoms with Crippen LogP contribution in [0.2, 0.25) is 0 Å². The molecule has 0 saturated heterocycles. The Morgan fingerprint density at radius 1 is 1.10 bits per heavy atom. The van der Waals surface area contributed by atoms with Crippen LogP contribution in [0.25, 0.3) is 17.1 Å². The molecule has 1 aliphatic rings. The van der Waals surface area contributed by atoms with Crippen LogP contribution in [0.1, 0.15) is 34.0 Å². The number of nitrogens with zero attached hydrogens (tertiary/aromatic N) is 4. The van der Waals surface area contributed by atoms with Crippen LogP contribution in [0.15, 0.2) is 42.5 Å². The van der Waals surface area contributed by atoms with Crippen LogP contribution in [-0.4, -0.2) is 30.9 Å². The summed E-state index contributed by atoms with van der Waals surface area (Å²) in [6, 6.07) is 10.8. The van der Waals surface area contributed by atoms with Crippen LogP contribution >= 0.6 is 0 Å². The van der Waals surface area contributed by atoms with E-state index in [1.54, 1.807) is 12.1 Å². The number of nitrogens with one attached hydrogen (secondary N) is 2. The highest BCUT2D eigenvalue weighted by Crippen LogP contribution is 2.29. The van der Waals surface area contributed by atoms with E-state index in [-0.39, 0.29) is 5.91 Å². The smallest absolute Gasteiger partial charge is 0.276 e. The van der Waals surface area contributed by atoms with E-state index in [9.17, 15) is 13.6 Å². The lowest BCUT2D eigenvalue weighted by Gasteiger charge is -2.06. The second-order valence-electron chi connectivity index (χ2n) is 7.41. The first-order chi connectivity index (χ1) is 15.0. The van der Waals surface area contributed by atoms with Crippen molar-refractivity contribution in [2.24, 2.45) is 0 Å². The number of aryl methyl sites for hydroxylation is 1. The summed E-state index contributed by atoms with van der Waals surface area (Å²) in [6.07, 6.45) is 2.31. The first-order valence-corrected chi connectivity index (χ1v) is 9.86. The standard InChI is InChI=1S/C22H18F2N6O/c1-12-25-21(28-27-12)13-5-7-14(8-6-13)26-22(31)20-16-3-2-4-19(16)30(29-20)15-9-10-17(23)18(24)11-15/h5-11H,2-4H2,1H3,(H,26,31)(H,25,27,28). The van der Waals surface area contributed by atoms with Crippen LogP contribution < -0.4 is 5.32 Å². The van der Waals surface area contributed by atoms with Crippen molar-refractivity contribution in [3.63, 3.8) is 0 Å². The van der Waals surface area contributed by atoms with E-state index in [0.29, 0.717) is 29.3 Å². The molecule has 9 heteroatoms. The summed E-state index contributed by atoms with van der Waals surface area (Å²) in [7, 11) is 0. The number of amides is 1. The van der Waals surface area contributed by atoms with Crippen molar-refractivity contribution in [2.75, 3.05) is 5.32 Å². The van der Waals surface area contributed by atoms with Crippen molar-refractivity contribution in [3.8, 4) is 17.1 Å². The zero-order valence-corrected chi connectivity index (χ0v) is 16.6. The summed E-state index contributed by atoms with van der Waals surface area (Å²) in [4.78, 5) is 17.2. The van der Waals surface area contributed by atoms with Gasteiger partial charge in [0.1, 0.15) is 5.82 Å². The summed E-state index contributed by atoms with van der Waals surface area (Å²) in [5.41, 5.74) is 3.82. The Bertz CT molecular complexity index is 1290. The number of carbonyl (C=O) groups is 1. The number of hydrogen-bond acceptors (Lipinski definition) is 4. The molecule has 4 aromatic rings. The van der Waals surface area contributed by atoms with Gasteiger partial charge in [-0.05, 0) is 62.6 Å². The minimum absolute atomic E-state index is 0.297. The first kappa shape index (κ1) is 19.1. The number of carbonyl (C=O) groups excluding carboxylic acids is 1. The van der Waals surface area contributed by atoms with Crippen LogP contribution in [-0.2, 0) is 12.8 Å². The van der Waals surface area contributed by atoms with E-state index in [1.165, 1.54) is 10.7 Å². The number of fused-ring (bicyclic) bond motifs is 1. The molecule has 7 nitrogen and oxygen atoms in total. The predicted octanol–water partition coefficient (Wildman–Crippen LogP) is 3.99. The average molecular weight is 420 g/mol. The maximum Gasteiger partial charge on any atom is 0.276 e. The topological polar surface area (TPSA) is 88.5 Å². The molecule has 0 unspecified atom stereocenters.